The third-order valence-corrected chi connectivity index (χ3v) is 4.68. The molecule has 3 heterocycles. The SMILES string of the molecule is CC(C)NC/C=C/C(=O)N1CC[C@@H](Nc2cc(-c3ccncc3)c[nH]c2=O)C1. The maximum absolute atomic E-state index is 12.3. The standard InChI is InChI=1S/C21H27N5O2/c1-15(2)23-8-3-4-20(27)26-11-7-18(14-26)25-19-12-17(13-24-21(19)28)16-5-9-22-10-6-16/h3-6,9-10,12-13,15,18,23,25H,7-8,11,14H2,1-2H3,(H,24,28)/b4-3+/t18-/m1/s1. The summed E-state index contributed by atoms with van der Waals surface area (Å²) in [6.45, 7) is 6.08. The van der Waals surface area contributed by atoms with E-state index in [9.17, 15) is 9.59 Å². The van der Waals surface area contributed by atoms with Crippen LogP contribution in [0.25, 0.3) is 11.1 Å². The van der Waals surface area contributed by atoms with Gasteiger partial charge in [0.05, 0.1) is 0 Å². The summed E-state index contributed by atoms with van der Waals surface area (Å²) in [6.07, 6.45) is 9.42. The van der Waals surface area contributed by atoms with Crippen LogP contribution in [0.1, 0.15) is 20.3 Å². The predicted molar refractivity (Wildman–Crippen MR) is 111 cm³/mol. The van der Waals surface area contributed by atoms with Gasteiger partial charge in [-0.2, -0.15) is 0 Å². The zero-order valence-corrected chi connectivity index (χ0v) is 16.3. The van der Waals surface area contributed by atoms with Gasteiger partial charge in [0.2, 0.25) is 5.91 Å². The predicted octanol–water partition coefficient (Wildman–Crippen LogP) is 2.00. The average molecular weight is 381 g/mol. The first-order chi connectivity index (χ1) is 13.5. The van der Waals surface area contributed by atoms with Gasteiger partial charge in [0, 0.05) is 61.9 Å². The van der Waals surface area contributed by atoms with Crippen molar-refractivity contribution < 1.29 is 4.79 Å². The molecule has 2 aromatic heterocycles. The summed E-state index contributed by atoms with van der Waals surface area (Å²) in [6, 6.07) is 6.08. The van der Waals surface area contributed by atoms with Crippen LogP contribution >= 0.6 is 0 Å². The molecule has 0 spiro atoms. The minimum Gasteiger partial charge on any atom is -0.376 e. The molecule has 0 aromatic carbocycles. The van der Waals surface area contributed by atoms with Crippen LogP contribution in [0.15, 0.2) is 53.7 Å². The quantitative estimate of drug-likeness (QED) is 0.639. The molecule has 0 aliphatic carbocycles. The van der Waals surface area contributed by atoms with Gasteiger partial charge in [0.1, 0.15) is 5.69 Å². The second-order valence-corrected chi connectivity index (χ2v) is 7.25. The van der Waals surface area contributed by atoms with Crippen LogP contribution in [0.2, 0.25) is 0 Å². The van der Waals surface area contributed by atoms with E-state index in [0.29, 0.717) is 31.4 Å². The summed E-state index contributed by atoms with van der Waals surface area (Å²) in [5, 5.41) is 6.54. The number of H-pyrrole nitrogens is 1. The fraction of sp³-hybridized carbons (Fsp3) is 0.381. The van der Waals surface area contributed by atoms with Crippen LogP contribution in [0.5, 0.6) is 0 Å². The number of carbonyl (C=O) groups excluding carboxylic acids is 1. The monoisotopic (exact) mass is 381 g/mol. The minimum absolute atomic E-state index is 0.00861. The molecule has 1 fully saturated rings. The Balaban J connectivity index is 1.59. The third-order valence-electron chi connectivity index (χ3n) is 4.68. The molecular formula is C21H27N5O2. The number of anilines is 1. The van der Waals surface area contributed by atoms with Crippen molar-refractivity contribution in [1.82, 2.24) is 20.2 Å². The number of hydrogen-bond donors (Lipinski definition) is 3. The zero-order valence-electron chi connectivity index (χ0n) is 16.3. The second-order valence-electron chi connectivity index (χ2n) is 7.25. The third kappa shape index (κ3) is 5.29. The number of hydrogen-bond acceptors (Lipinski definition) is 5. The van der Waals surface area contributed by atoms with Crippen molar-refractivity contribution >= 4 is 11.6 Å². The van der Waals surface area contributed by atoms with Crippen molar-refractivity contribution in [2.24, 2.45) is 0 Å². The summed E-state index contributed by atoms with van der Waals surface area (Å²) >= 11 is 0. The number of carbonyl (C=O) groups is 1. The van der Waals surface area contributed by atoms with Crippen molar-refractivity contribution in [3.63, 3.8) is 0 Å². The van der Waals surface area contributed by atoms with Gasteiger partial charge in [0.25, 0.3) is 5.56 Å². The summed E-state index contributed by atoms with van der Waals surface area (Å²) in [5.41, 5.74) is 2.25. The van der Waals surface area contributed by atoms with E-state index in [2.05, 4.69) is 34.4 Å². The molecule has 1 saturated heterocycles. The maximum Gasteiger partial charge on any atom is 0.271 e. The Kier molecular flexibility index (Phi) is 6.60. The van der Waals surface area contributed by atoms with Crippen LogP contribution in [0.4, 0.5) is 5.69 Å². The largest absolute Gasteiger partial charge is 0.376 e. The topological polar surface area (TPSA) is 90.1 Å². The Bertz CT molecular complexity index is 876. The van der Waals surface area contributed by atoms with Gasteiger partial charge in [-0.15, -0.1) is 0 Å². The van der Waals surface area contributed by atoms with E-state index in [1.54, 1.807) is 24.7 Å². The fourth-order valence-electron chi connectivity index (χ4n) is 3.17. The fourth-order valence-corrected chi connectivity index (χ4v) is 3.17. The first-order valence-corrected chi connectivity index (χ1v) is 9.61. The molecule has 1 aliphatic rings. The van der Waals surface area contributed by atoms with Gasteiger partial charge < -0.3 is 20.5 Å². The highest BCUT2D eigenvalue weighted by atomic mass is 16.2. The molecule has 1 amide bonds. The Morgan fingerprint density at radius 3 is 2.89 bits per heavy atom. The molecular weight excluding hydrogens is 354 g/mol. The first-order valence-electron chi connectivity index (χ1n) is 9.61. The van der Waals surface area contributed by atoms with Gasteiger partial charge >= 0.3 is 0 Å². The molecule has 1 aliphatic heterocycles. The molecule has 0 radical (unpaired) electrons. The molecule has 7 heteroatoms. The summed E-state index contributed by atoms with van der Waals surface area (Å²) < 4.78 is 0. The van der Waals surface area contributed by atoms with Gasteiger partial charge in [-0.25, -0.2) is 0 Å². The van der Waals surface area contributed by atoms with E-state index in [4.69, 9.17) is 0 Å². The lowest BCUT2D eigenvalue weighted by molar-refractivity contribution is -0.125. The Hall–Kier alpha value is -2.93. The Morgan fingerprint density at radius 2 is 2.14 bits per heavy atom. The molecule has 148 valence electrons. The number of nitrogens with one attached hydrogen (secondary N) is 3. The minimum atomic E-state index is -0.165. The normalized spacial score (nSPS) is 16.8. The van der Waals surface area contributed by atoms with E-state index < -0.39 is 0 Å². The molecule has 3 N–H and O–H groups in total. The lowest BCUT2D eigenvalue weighted by Crippen LogP contribution is -2.31. The van der Waals surface area contributed by atoms with Gasteiger partial charge in [-0.3, -0.25) is 14.6 Å². The molecule has 0 saturated carbocycles. The van der Waals surface area contributed by atoms with Crippen molar-refractivity contribution in [1.29, 1.82) is 0 Å². The van der Waals surface area contributed by atoms with Crippen LogP contribution in [0.3, 0.4) is 0 Å². The van der Waals surface area contributed by atoms with Crippen molar-refractivity contribution in [2.45, 2.75) is 32.4 Å². The van der Waals surface area contributed by atoms with Crippen LogP contribution in [-0.4, -0.2) is 52.5 Å². The summed E-state index contributed by atoms with van der Waals surface area (Å²) in [4.78, 5) is 33.1. The van der Waals surface area contributed by atoms with Crippen molar-refractivity contribution in [3.05, 3.63) is 59.3 Å². The molecule has 7 nitrogen and oxygen atoms in total. The van der Waals surface area contributed by atoms with Crippen molar-refractivity contribution in [2.75, 3.05) is 25.0 Å². The number of amides is 1. The molecule has 3 rings (SSSR count). The first kappa shape index (κ1) is 19.8. The number of likely N-dealkylation sites (tertiary alicyclic amines) is 1. The summed E-state index contributed by atoms with van der Waals surface area (Å²) in [7, 11) is 0. The van der Waals surface area contributed by atoms with Gasteiger partial charge in [0.15, 0.2) is 0 Å². The highest BCUT2D eigenvalue weighted by Gasteiger charge is 2.25. The van der Waals surface area contributed by atoms with E-state index in [1.165, 1.54) is 0 Å². The number of aromatic nitrogens is 2. The molecule has 1 atom stereocenters. The molecule has 2 aromatic rings. The highest BCUT2D eigenvalue weighted by Crippen LogP contribution is 2.20. The van der Waals surface area contributed by atoms with Crippen molar-refractivity contribution in [3.8, 4) is 11.1 Å². The van der Waals surface area contributed by atoms with E-state index in [1.807, 2.05) is 29.2 Å². The number of nitrogens with zero attached hydrogens (tertiary/aromatic N) is 2. The number of aromatic amines is 1. The van der Waals surface area contributed by atoms with E-state index >= 15 is 0 Å². The van der Waals surface area contributed by atoms with Crippen LogP contribution in [-0.2, 0) is 4.79 Å². The lowest BCUT2D eigenvalue weighted by atomic mass is 10.1. The lowest BCUT2D eigenvalue weighted by Gasteiger charge is -2.16. The molecule has 0 bridgehead atoms. The Morgan fingerprint density at radius 1 is 1.36 bits per heavy atom. The maximum atomic E-state index is 12.3. The Labute approximate surface area is 164 Å². The van der Waals surface area contributed by atoms with Gasteiger partial charge in [-0.1, -0.05) is 19.9 Å². The molecule has 28 heavy (non-hydrogen) atoms. The highest BCUT2D eigenvalue weighted by molar-refractivity contribution is 5.87. The van der Waals surface area contributed by atoms with E-state index in [0.717, 1.165) is 17.5 Å². The number of rotatable bonds is 7. The second kappa shape index (κ2) is 9.32. The van der Waals surface area contributed by atoms with E-state index in [-0.39, 0.29) is 17.5 Å². The smallest absolute Gasteiger partial charge is 0.271 e. The summed E-state index contributed by atoms with van der Waals surface area (Å²) in [5.74, 6) is 0.00861. The van der Waals surface area contributed by atoms with Crippen LogP contribution < -0.4 is 16.2 Å². The number of pyridine rings is 2. The molecule has 0 unspecified atom stereocenters. The van der Waals surface area contributed by atoms with Gasteiger partial charge in [-0.05, 0) is 30.2 Å². The zero-order chi connectivity index (χ0) is 19.9. The average Bonchev–Trinajstić information content (AvgIpc) is 3.16. The van der Waals surface area contributed by atoms with Crippen LogP contribution in [0, 0.1) is 0 Å².